The van der Waals surface area contributed by atoms with Gasteiger partial charge in [-0.25, -0.2) is 4.99 Å². The Labute approximate surface area is 173 Å². The van der Waals surface area contributed by atoms with Crippen LogP contribution in [0, 0.1) is 28.6 Å². The van der Waals surface area contributed by atoms with E-state index in [-0.39, 0.29) is 16.9 Å². The van der Waals surface area contributed by atoms with E-state index in [1.807, 2.05) is 0 Å². The van der Waals surface area contributed by atoms with Gasteiger partial charge in [0.1, 0.15) is 0 Å². The highest BCUT2D eigenvalue weighted by atomic mass is 16.7. The SMILES string of the molecule is COC1=CC2=CC[C@@H]3[C@H]([C@H](O)C[C@]4(C)C(C5=NC(OC)OC5)=CC[C@@H]34)[C@@]2(C)CC1. The average molecular weight is 400 g/mol. The molecule has 0 amide bonds. The van der Waals surface area contributed by atoms with Gasteiger partial charge in [0.25, 0.3) is 6.41 Å². The van der Waals surface area contributed by atoms with Crippen molar-refractivity contribution >= 4 is 5.71 Å². The van der Waals surface area contributed by atoms with Crippen LogP contribution >= 0.6 is 0 Å². The number of rotatable bonds is 3. The molecule has 0 bridgehead atoms. The smallest absolute Gasteiger partial charge is 0.258 e. The second kappa shape index (κ2) is 6.79. The van der Waals surface area contributed by atoms with Gasteiger partial charge < -0.3 is 19.3 Å². The molecule has 1 N–H and O–H groups in total. The second-order valence-corrected chi connectivity index (χ2v) is 9.90. The number of ether oxygens (including phenoxy) is 3. The summed E-state index contributed by atoms with van der Waals surface area (Å²) in [4.78, 5) is 4.64. The highest BCUT2D eigenvalue weighted by Crippen LogP contribution is 2.64. The Morgan fingerprint density at radius 2 is 2.00 bits per heavy atom. The molecule has 29 heavy (non-hydrogen) atoms. The molecule has 1 unspecified atom stereocenters. The maximum Gasteiger partial charge on any atom is 0.258 e. The summed E-state index contributed by atoms with van der Waals surface area (Å²) in [5.41, 5.74) is 3.65. The number of hydrogen-bond acceptors (Lipinski definition) is 5. The summed E-state index contributed by atoms with van der Waals surface area (Å²) >= 11 is 0. The van der Waals surface area contributed by atoms with Crippen molar-refractivity contribution in [2.75, 3.05) is 20.8 Å². The van der Waals surface area contributed by atoms with Crippen LogP contribution in [0.1, 0.15) is 46.0 Å². The van der Waals surface area contributed by atoms with E-state index in [1.165, 1.54) is 11.1 Å². The van der Waals surface area contributed by atoms with E-state index >= 15 is 0 Å². The van der Waals surface area contributed by atoms with Crippen molar-refractivity contribution in [1.82, 2.24) is 0 Å². The molecule has 1 fully saturated rings. The van der Waals surface area contributed by atoms with Crippen LogP contribution in [0.25, 0.3) is 0 Å². The number of aliphatic imine (C=N–C) groups is 1. The molecule has 1 heterocycles. The van der Waals surface area contributed by atoms with Crippen LogP contribution in [0.2, 0.25) is 0 Å². The summed E-state index contributed by atoms with van der Waals surface area (Å²) in [6, 6.07) is 0. The molecule has 1 saturated carbocycles. The predicted molar refractivity (Wildman–Crippen MR) is 111 cm³/mol. The van der Waals surface area contributed by atoms with E-state index in [0.717, 1.165) is 43.6 Å². The Kier molecular flexibility index (Phi) is 4.57. The molecule has 5 rings (SSSR count). The van der Waals surface area contributed by atoms with Crippen LogP contribution in [0.5, 0.6) is 0 Å². The molecule has 5 heteroatoms. The molecule has 0 spiro atoms. The second-order valence-electron chi connectivity index (χ2n) is 9.90. The Hall–Kier alpha value is -1.43. The summed E-state index contributed by atoms with van der Waals surface area (Å²) in [6.45, 7) is 5.21. The number of aliphatic hydroxyl groups is 1. The Bertz CT molecular complexity index is 827. The van der Waals surface area contributed by atoms with Crippen molar-refractivity contribution in [1.29, 1.82) is 0 Å². The summed E-state index contributed by atoms with van der Waals surface area (Å²) in [6.07, 6.45) is 11.1. The quantitative estimate of drug-likeness (QED) is 0.779. The van der Waals surface area contributed by atoms with E-state index in [2.05, 4.69) is 37.1 Å². The van der Waals surface area contributed by atoms with E-state index < -0.39 is 6.41 Å². The van der Waals surface area contributed by atoms with E-state index in [9.17, 15) is 5.11 Å². The zero-order valence-corrected chi connectivity index (χ0v) is 18.0. The lowest BCUT2D eigenvalue weighted by molar-refractivity contribution is -0.100. The van der Waals surface area contributed by atoms with Crippen molar-refractivity contribution in [2.24, 2.45) is 33.6 Å². The normalized spacial score (nSPS) is 46.0. The molecule has 4 aliphatic carbocycles. The van der Waals surface area contributed by atoms with Crippen molar-refractivity contribution in [3.05, 3.63) is 35.1 Å². The van der Waals surface area contributed by atoms with Gasteiger partial charge in [-0.05, 0) is 71.5 Å². The van der Waals surface area contributed by atoms with Gasteiger partial charge in [0.15, 0.2) is 0 Å². The Balaban J connectivity index is 1.48. The maximum atomic E-state index is 11.5. The topological polar surface area (TPSA) is 60.3 Å². The Morgan fingerprint density at radius 1 is 1.17 bits per heavy atom. The van der Waals surface area contributed by atoms with E-state index in [0.29, 0.717) is 24.4 Å². The van der Waals surface area contributed by atoms with Gasteiger partial charge in [0.05, 0.1) is 31.3 Å². The highest BCUT2D eigenvalue weighted by Gasteiger charge is 2.60. The molecule has 7 atom stereocenters. The lowest BCUT2D eigenvalue weighted by Gasteiger charge is -2.58. The summed E-state index contributed by atoms with van der Waals surface area (Å²) in [5.74, 6) is 2.40. The van der Waals surface area contributed by atoms with E-state index in [4.69, 9.17) is 14.2 Å². The fourth-order valence-corrected chi connectivity index (χ4v) is 7.23. The number of nitrogens with zero attached hydrogens (tertiary/aromatic N) is 1. The van der Waals surface area contributed by atoms with Crippen molar-refractivity contribution < 1.29 is 19.3 Å². The number of hydrogen-bond donors (Lipinski definition) is 1. The van der Waals surface area contributed by atoms with Crippen LogP contribution in [-0.4, -0.2) is 44.2 Å². The zero-order valence-electron chi connectivity index (χ0n) is 18.0. The molecule has 1 aliphatic heterocycles. The maximum absolute atomic E-state index is 11.5. The molecule has 0 aromatic rings. The van der Waals surface area contributed by atoms with Crippen LogP contribution in [0.3, 0.4) is 0 Å². The number of fused-ring (bicyclic) bond motifs is 5. The minimum atomic E-state index is -0.488. The van der Waals surface area contributed by atoms with Crippen molar-refractivity contribution in [2.45, 2.75) is 58.5 Å². The average Bonchev–Trinajstić information content (AvgIpc) is 3.30. The van der Waals surface area contributed by atoms with Crippen LogP contribution in [-0.2, 0) is 14.2 Å². The van der Waals surface area contributed by atoms with Crippen molar-refractivity contribution in [3.63, 3.8) is 0 Å². The lowest BCUT2D eigenvalue weighted by atomic mass is 9.47. The first-order valence-corrected chi connectivity index (χ1v) is 11.0. The zero-order chi connectivity index (χ0) is 20.4. The largest absolute Gasteiger partial charge is 0.501 e. The van der Waals surface area contributed by atoms with Crippen LogP contribution in [0.15, 0.2) is 40.1 Å². The minimum absolute atomic E-state index is 0.0313. The number of methoxy groups -OCH3 is 2. The first-order valence-electron chi connectivity index (χ1n) is 11.0. The monoisotopic (exact) mass is 399 g/mol. The third-order valence-corrected chi connectivity index (χ3v) is 8.65. The third kappa shape index (κ3) is 2.74. The summed E-state index contributed by atoms with van der Waals surface area (Å²) in [5, 5.41) is 11.5. The summed E-state index contributed by atoms with van der Waals surface area (Å²) < 4.78 is 16.4. The van der Waals surface area contributed by atoms with Gasteiger partial charge in [-0.2, -0.15) is 0 Å². The van der Waals surface area contributed by atoms with E-state index in [1.54, 1.807) is 14.2 Å². The Morgan fingerprint density at radius 3 is 2.72 bits per heavy atom. The van der Waals surface area contributed by atoms with Gasteiger partial charge in [0.2, 0.25) is 0 Å². The molecule has 0 saturated heterocycles. The first-order chi connectivity index (χ1) is 13.9. The molecule has 0 aromatic heterocycles. The number of aliphatic hydroxyl groups excluding tert-OH is 1. The molecule has 5 nitrogen and oxygen atoms in total. The predicted octanol–water partition coefficient (Wildman–Crippen LogP) is 4.00. The van der Waals surface area contributed by atoms with Crippen LogP contribution < -0.4 is 0 Å². The van der Waals surface area contributed by atoms with Gasteiger partial charge in [-0.1, -0.05) is 26.0 Å². The molecule has 158 valence electrons. The van der Waals surface area contributed by atoms with Gasteiger partial charge in [-0.15, -0.1) is 0 Å². The van der Waals surface area contributed by atoms with Gasteiger partial charge in [-0.3, -0.25) is 0 Å². The first kappa shape index (κ1) is 19.5. The summed E-state index contributed by atoms with van der Waals surface area (Å²) in [7, 11) is 3.39. The van der Waals surface area contributed by atoms with Gasteiger partial charge in [0, 0.05) is 13.5 Å². The highest BCUT2D eigenvalue weighted by molar-refractivity contribution is 6.03. The molecule has 0 aromatic carbocycles. The molecule has 0 radical (unpaired) electrons. The van der Waals surface area contributed by atoms with Crippen LogP contribution in [0.4, 0.5) is 0 Å². The standard InChI is InChI=1S/C24H33NO4/c1-23-10-9-15(27-3)11-14(23)5-6-16-17-7-8-18(19-13-29-22(25-19)28-4)24(17,2)12-20(26)21(16)23/h5,8,11,16-17,20-22,26H,6-7,9-10,12-13H2,1-4H3/t16-,17-,20+,21+,22?,23-,24-/m0/s1. The lowest BCUT2D eigenvalue weighted by Crippen LogP contribution is -2.55. The van der Waals surface area contributed by atoms with Crippen molar-refractivity contribution in [3.8, 4) is 0 Å². The number of allylic oxidation sites excluding steroid dienone is 5. The fourth-order valence-electron chi connectivity index (χ4n) is 7.23. The third-order valence-electron chi connectivity index (χ3n) is 8.65. The molecular formula is C24H33NO4. The fraction of sp³-hybridized carbons (Fsp3) is 0.708. The molecule has 5 aliphatic rings. The minimum Gasteiger partial charge on any atom is -0.501 e. The molecular weight excluding hydrogens is 366 g/mol. The van der Waals surface area contributed by atoms with Gasteiger partial charge >= 0.3 is 0 Å².